The molecule has 0 aliphatic heterocycles. The van der Waals surface area contributed by atoms with Crippen LogP contribution in [-0.4, -0.2) is 18.8 Å². The summed E-state index contributed by atoms with van der Waals surface area (Å²) in [6.45, 7) is 0.325. The third-order valence-electron chi connectivity index (χ3n) is 3.02. The van der Waals surface area contributed by atoms with Gasteiger partial charge in [-0.05, 0) is 17.7 Å². The average molecular weight is 268 g/mol. The summed E-state index contributed by atoms with van der Waals surface area (Å²) in [4.78, 5) is 0. The van der Waals surface area contributed by atoms with Crippen molar-refractivity contribution in [2.45, 2.75) is 6.10 Å². The Kier molecular flexibility index (Phi) is 4.59. The third-order valence-corrected chi connectivity index (χ3v) is 3.02. The second-order valence-electron chi connectivity index (χ2n) is 4.33. The van der Waals surface area contributed by atoms with Gasteiger partial charge in [-0.1, -0.05) is 30.3 Å². The fraction of sp³-hybridized carbons (Fsp3) is 0.188. The van der Waals surface area contributed by atoms with E-state index in [4.69, 9.17) is 10.00 Å². The van der Waals surface area contributed by atoms with E-state index in [1.165, 1.54) is 0 Å². The molecule has 102 valence electrons. The van der Waals surface area contributed by atoms with Crippen LogP contribution in [0.1, 0.15) is 17.2 Å². The molecule has 0 aliphatic rings. The Morgan fingerprint density at radius 2 is 2.00 bits per heavy atom. The van der Waals surface area contributed by atoms with Crippen molar-refractivity contribution in [3.63, 3.8) is 0 Å². The molecular weight excluding hydrogens is 252 g/mol. The first-order chi connectivity index (χ1) is 9.74. The summed E-state index contributed by atoms with van der Waals surface area (Å²) in [5, 5.41) is 22.3. The Bertz CT molecular complexity index is 606. The highest BCUT2D eigenvalue weighted by atomic mass is 16.5. The van der Waals surface area contributed by atoms with E-state index in [1.54, 1.807) is 25.3 Å². The first-order valence-corrected chi connectivity index (χ1v) is 6.29. The van der Waals surface area contributed by atoms with Crippen LogP contribution in [0, 0.1) is 11.3 Å². The van der Waals surface area contributed by atoms with Gasteiger partial charge < -0.3 is 15.2 Å². The molecule has 2 aromatic rings. The number of aliphatic hydroxyl groups is 1. The van der Waals surface area contributed by atoms with Crippen LogP contribution in [-0.2, 0) is 0 Å². The first-order valence-electron chi connectivity index (χ1n) is 6.29. The van der Waals surface area contributed by atoms with Gasteiger partial charge in [0.1, 0.15) is 11.8 Å². The van der Waals surface area contributed by atoms with Crippen molar-refractivity contribution < 1.29 is 9.84 Å². The zero-order valence-electron chi connectivity index (χ0n) is 11.2. The maximum atomic E-state index is 10.1. The van der Waals surface area contributed by atoms with E-state index in [0.29, 0.717) is 23.5 Å². The molecule has 0 aliphatic carbocycles. The lowest BCUT2D eigenvalue weighted by atomic mass is 10.1. The van der Waals surface area contributed by atoms with Crippen molar-refractivity contribution in [2.24, 2.45) is 0 Å². The smallest absolute Gasteiger partial charge is 0.121 e. The van der Waals surface area contributed by atoms with Crippen LogP contribution >= 0.6 is 0 Å². The zero-order valence-corrected chi connectivity index (χ0v) is 11.2. The Morgan fingerprint density at radius 3 is 2.65 bits per heavy atom. The Hall–Kier alpha value is -2.51. The minimum Gasteiger partial charge on any atom is -0.497 e. The molecule has 1 unspecified atom stereocenters. The predicted molar refractivity (Wildman–Crippen MR) is 77.6 cm³/mol. The maximum absolute atomic E-state index is 10.1. The van der Waals surface area contributed by atoms with E-state index in [2.05, 4.69) is 11.4 Å². The molecule has 0 amide bonds. The summed E-state index contributed by atoms with van der Waals surface area (Å²) in [5.74, 6) is 0.667. The number of hydrogen-bond acceptors (Lipinski definition) is 4. The van der Waals surface area contributed by atoms with Crippen LogP contribution in [0.3, 0.4) is 0 Å². The molecule has 2 aromatic carbocycles. The van der Waals surface area contributed by atoms with E-state index < -0.39 is 6.10 Å². The van der Waals surface area contributed by atoms with Gasteiger partial charge >= 0.3 is 0 Å². The predicted octanol–water partition coefficient (Wildman–Crippen LogP) is 2.71. The van der Waals surface area contributed by atoms with Crippen molar-refractivity contribution >= 4 is 5.69 Å². The van der Waals surface area contributed by atoms with Crippen LogP contribution < -0.4 is 10.1 Å². The summed E-state index contributed by atoms with van der Waals surface area (Å²) in [6, 6.07) is 16.7. The molecule has 4 nitrogen and oxygen atoms in total. The SMILES string of the molecule is COc1ccc(C#N)c(NCC(O)c2ccccc2)c1. The van der Waals surface area contributed by atoms with Gasteiger partial charge in [0.15, 0.2) is 0 Å². The van der Waals surface area contributed by atoms with Crippen molar-refractivity contribution in [2.75, 3.05) is 19.0 Å². The molecule has 0 fully saturated rings. The fourth-order valence-electron chi connectivity index (χ4n) is 1.89. The maximum Gasteiger partial charge on any atom is 0.121 e. The van der Waals surface area contributed by atoms with Gasteiger partial charge in [0, 0.05) is 12.6 Å². The fourth-order valence-corrected chi connectivity index (χ4v) is 1.89. The van der Waals surface area contributed by atoms with Gasteiger partial charge in [-0.2, -0.15) is 5.26 Å². The normalized spacial score (nSPS) is 11.4. The Labute approximate surface area is 118 Å². The third kappa shape index (κ3) is 3.28. The number of hydrogen-bond donors (Lipinski definition) is 2. The summed E-state index contributed by atoms with van der Waals surface area (Å²) in [6.07, 6.45) is -0.631. The molecule has 0 bridgehead atoms. The second-order valence-corrected chi connectivity index (χ2v) is 4.33. The molecule has 0 saturated carbocycles. The second kappa shape index (κ2) is 6.60. The van der Waals surface area contributed by atoms with Crippen LogP contribution in [0.5, 0.6) is 5.75 Å². The minimum absolute atomic E-state index is 0.325. The highest BCUT2D eigenvalue weighted by molar-refractivity contribution is 5.60. The minimum atomic E-state index is -0.631. The molecule has 20 heavy (non-hydrogen) atoms. The molecule has 0 radical (unpaired) electrons. The lowest BCUT2D eigenvalue weighted by Gasteiger charge is -2.14. The van der Waals surface area contributed by atoms with Gasteiger partial charge in [-0.15, -0.1) is 0 Å². The van der Waals surface area contributed by atoms with Crippen LogP contribution in [0.15, 0.2) is 48.5 Å². The number of benzene rings is 2. The van der Waals surface area contributed by atoms with E-state index in [1.807, 2.05) is 30.3 Å². The number of rotatable bonds is 5. The van der Waals surface area contributed by atoms with Crippen LogP contribution in [0.4, 0.5) is 5.69 Å². The quantitative estimate of drug-likeness (QED) is 0.875. The standard InChI is InChI=1S/C16H16N2O2/c1-20-14-8-7-13(10-17)15(9-14)18-11-16(19)12-5-3-2-4-6-12/h2-9,16,18-19H,11H2,1H3. The van der Waals surface area contributed by atoms with Crippen LogP contribution in [0.25, 0.3) is 0 Å². The number of methoxy groups -OCH3 is 1. The number of anilines is 1. The van der Waals surface area contributed by atoms with E-state index in [0.717, 1.165) is 5.56 Å². The average Bonchev–Trinajstić information content (AvgIpc) is 2.53. The molecular formula is C16H16N2O2. The summed E-state index contributed by atoms with van der Waals surface area (Å²) < 4.78 is 5.13. The number of aliphatic hydroxyl groups excluding tert-OH is 1. The number of nitriles is 1. The first kappa shape index (κ1) is 13.9. The number of nitrogens with zero attached hydrogens (tertiary/aromatic N) is 1. The van der Waals surface area contributed by atoms with Crippen molar-refractivity contribution in [3.8, 4) is 11.8 Å². The van der Waals surface area contributed by atoms with Gasteiger partial charge in [0.25, 0.3) is 0 Å². The lowest BCUT2D eigenvalue weighted by molar-refractivity contribution is 0.191. The summed E-state index contributed by atoms with van der Waals surface area (Å²) in [5.41, 5.74) is 2.01. The molecule has 2 rings (SSSR count). The largest absolute Gasteiger partial charge is 0.497 e. The lowest BCUT2D eigenvalue weighted by Crippen LogP contribution is -2.12. The zero-order chi connectivity index (χ0) is 14.4. The van der Waals surface area contributed by atoms with Gasteiger partial charge in [-0.25, -0.2) is 0 Å². The van der Waals surface area contributed by atoms with Crippen molar-refractivity contribution in [1.82, 2.24) is 0 Å². The molecule has 4 heteroatoms. The van der Waals surface area contributed by atoms with E-state index in [-0.39, 0.29) is 0 Å². The van der Waals surface area contributed by atoms with Crippen LogP contribution in [0.2, 0.25) is 0 Å². The van der Waals surface area contributed by atoms with Gasteiger partial charge in [-0.3, -0.25) is 0 Å². The van der Waals surface area contributed by atoms with E-state index >= 15 is 0 Å². The molecule has 0 aromatic heterocycles. The van der Waals surface area contributed by atoms with Crippen molar-refractivity contribution in [1.29, 1.82) is 5.26 Å². The summed E-state index contributed by atoms with van der Waals surface area (Å²) in [7, 11) is 1.57. The number of nitrogens with one attached hydrogen (secondary N) is 1. The highest BCUT2D eigenvalue weighted by Gasteiger charge is 2.09. The highest BCUT2D eigenvalue weighted by Crippen LogP contribution is 2.23. The van der Waals surface area contributed by atoms with Crippen molar-refractivity contribution in [3.05, 3.63) is 59.7 Å². The number of ether oxygens (including phenoxy) is 1. The topological polar surface area (TPSA) is 65.3 Å². The van der Waals surface area contributed by atoms with E-state index in [9.17, 15) is 5.11 Å². The molecule has 1 atom stereocenters. The Balaban J connectivity index is 2.09. The molecule has 2 N–H and O–H groups in total. The Morgan fingerprint density at radius 1 is 1.25 bits per heavy atom. The van der Waals surface area contributed by atoms with Gasteiger partial charge in [0.2, 0.25) is 0 Å². The monoisotopic (exact) mass is 268 g/mol. The van der Waals surface area contributed by atoms with Gasteiger partial charge in [0.05, 0.1) is 24.5 Å². The molecule has 0 heterocycles. The molecule has 0 spiro atoms. The molecule has 0 saturated heterocycles. The summed E-state index contributed by atoms with van der Waals surface area (Å²) >= 11 is 0.